The second-order valence-electron chi connectivity index (χ2n) is 5.35. The van der Waals surface area contributed by atoms with Crippen LogP contribution in [-0.4, -0.2) is 37.9 Å². The largest absolute Gasteiger partial charge is 0.496 e. The molecule has 0 aromatic heterocycles. The average molecular weight is 373 g/mol. The third-order valence-electron chi connectivity index (χ3n) is 3.76. The first-order chi connectivity index (χ1) is 12.9. The molecule has 9 heteroatoms. The van der Waals surface area contributed by atoms with Gasteiger partial charge in [-0.15, -0.1) is 0 Å². The van der Waals surface area contributed by atoms with Crippen LogP contribution < -0.4 is 19.6 Å². The standard InChI is InChI=1S/C18H19N3O6/c1-11(12-5-7-16(26-3)17(9-12)27-4)19-20-18(22)14-10-13(21(23)24)6-8-15(14)25-2/h5-10H,1-4H3,(H,20,22)/b19-11-. The summed E-state index contributed by atoms with van der Waals surface area (Å²) in [5.41, 5.74) is 3.38. The van der Waals surface area contributed by atoms with Crippen molar-refractivity contribution < 1.29 is 23.9 Å². The molecule has 0 spiro atoms. The maximum absolute atomic E-state index is 12.4. The Hall–Kier alpha value is -3.62. The van der Waals surface area contributed by atoms with Crippen LogP contribution in [-0.2, 0) is 0 Å². The van der Waals surface area contributed by atoms with Gasteiger partial charge in [0.15, 0.2) is 11.5 Å². The lowest BCUT2D eigenvalue weighted by Crippen LogP contribution is -2.20. The first-order valence-corrected chi connectivity index (χ1v) is 7.80. The summed E-state index contributed by atoms with van der Waals surface area (Å²) >= 11 is 0. The Balaban J connectivity index is 2.25. The first-order valence-electron chi connectivity index (χ1n) is 7.80. The number of non-ortho nitro benzene ring substituents is 1. The van der Waals surface area contributed by atoms with Gasteiger partial charge in [-0.3, -0.25) is 14.9 Å². The second-order valence-corrected chi connectivity index (χ2v) is 5.35. The molecule has 0 atom stereocenters. The number of carbonyl (C=O) groups excluding carboxylic acids is 1. The summed E-state index contributed by atoms with van der Waals surface area (Å²) in [5, 5.41) is 15.0. The zero-order valence-electron chi connectivity index (χ0n) is 15.3. The Morgan fingerprint density at radius 3 is 2.22 bits per heavy atom. The summed E-state index contributed by atoms with van der Waals surface area (Å²) in [6.07, 6.45) is 0. The first kappa shape index (κ1) is 19.7. The smallest absolute Gasteiger partial charge is 0.275 e. The van der Waals surface area contributed by atoms with Crippen LogP contribution in [0.15, 0.2) is 41.5 Å². The van der Waals surface area contributed by atoms with Crippen LogP contribution in [0.25, 0.3) is 0 Å². The molecule has 0 heterocycles. The minimum absolute atomic E-state index is 0.00978. The molecule has 0 saturated carbocycles. The minimum Gasteiger partial charge on any atom is -0.496 e. The van der Waals surface area contributed by atoms with Crippen LogP contribution in [0.4, 0.5) is 5.69 Å². The van der Waals surface area contributed by atoms with Crippen LogP contribution in [0.2, 0.25) is 0 Å². The van der Waals surface area contributed by atoms with Gasteiger partial charge in [0.25, 0.3) is 11.6 Å². The predicted octanol–water partition coefficient (Wildman–Crippen LogP) is 2.77. The van der Waals surface area contributed by atoms with Crippen LogP contribution >= 0.6 is 0 Å². The van der Waals surface area contributed by atoms with Crippen molar-refractivity contribution >= 4 is 17.3 Å². The lowest BCUT2D eigenvalue weighted by Gasteiger charge is -2.10. The Bertz CT molecular complexity index is 895. The second kappa shape index (κ2) is 8.65. The summed E-state index contributed by atoms with van der Waals surface area (Å²) in [6, 6.07) is 8.96. The van der Waals surface area contributed by atoms with Crippen molar-refractivity contribution in [2.75, 3.05) is 21.3 Å². The number of hydrogen-bond donors (Lipinski definition) is 1. The van der Waals surface area contributed by atoms with E-state index in [4.69, 9.17) is 14.2 Å². The minimum atomic E-state index is -0.629. The molecule has 0 aliphatic heterocycles. The molecule has 0 aliphatic rings. The number of hydrogen-bond acceptors (Lipinski definition) is 7. The Morgan fingerprint density at radius 1 is 1.00 bits per heavy atom. The number of nitrogens with zero attached hydrogens (tertiary/aromatic N) is 2. The highest BCUT2D eigenvalue weighted by Crippen LogP contribution is 2.28. The number of hydrazone groups is 1. The van der Waals surface area contributed by atoms with Crippen molar-refractivity contribution in [3.63, 3.8) is 0 Å². The number of carbonyl (C=O) groups is 1. The number of ether oxygens (including phenoxy) is 3. The molecule has 0 saturated heterocycles. The van der Waals surface area contributed by atoms with Gasteiger partial charge in [0.1, 0.15) is 5.75 Å². The normalized spacial score (nSPS) is 10.9. The highest BCUT2D eigenvalue weighted by molar-refractivity contribution is 6.02. The molecule has 0 aliphatic carbocycles. The van der Waals surface area contributed by atoms with Crippen molar-refractivity contribution in [2.24, 2.45) is 5.10 Å². The maximum Gasteiger partial charge on any atom is 0.275 e. The molecule has 0 bridgehead atoms. The van der Waals surface area contributed by atoms with E-state index in [1.54, 1.807) is 25.1 Å². The number of nitrogens with one attached hydrogen (secondary N) is 1. The number of benzene rings is 2. The molecule has 9 nitrogen and oxygen atoms in total. The van der Waals surface area contributed by atoms with E-state index < -0.39 is 10.8 Å². The zero-order valence-corrected chi connectivity index (χ0v) is 15.3. The van der Waals surface area contributed by atoms with Gasteiger partial charge in [-0.25, -0.2) is 5.43 Å². The molecule has 0 unspecified atom stereocenters. The SMILES string of the molecule is COc1ccc(/C(C)=N\NC(=O)c2cc([N+](=O)[O-])ccc2OC)cc1OC. The van der Waals surface area contributed by atoms with Crippen LogP contribution in [0, 0.1) is 10.1 Å². The summed E-state index contributed by atoms with van der Waals surface area (Å²) in [4.78, 5) is 22.7. The van der Waals surface area contributed by atoms with Gasteiger partial charge in [0.05, 0.1) is 37.5 Å². The summed E-state index contributed by atoms with van der Waals surface area (Å²) in [5.74, 6) is 0.670. The van der Waals surface area contributed by atoms with Crippen molar-refractivity contribution in [3.05, 3.63) is 57.6 Å². The van der Waals surface area contributed by atoms with E-state index in [0.717, 1.165) is 6.07 Å². The molecule has 0 radical (unpaired) electrons. The van der Waals surface area contributed by atoms with Crippen molar-refractivity contribution in [2.45, 2.75) is 6.92 Å². The number of nitro groups is 1. The van der Waals surface area contributed by atoms with Crippen molar-refractivity contribution in [1.29, 1.82) is 0 Å². The van der Waals surface area contributed by atoms with Crippen LogP contribution in [0.3, 0.4) is 0 Å². The van der Waals surface area contributed by atoms with Gasteiger partial charge < -0.3 is 14.2 Å². The Morgan fingerprint density at radius 2 is 1.63 bits per heavy atom. The topological polar surface area (TPSA) is 112 Å². The van der Waals surface area contributed by atoms with Crippen LogP contribution in [0.5, 0.6) is 17.2 Å². The van der Waals surface area contributed by atoms with Gasteiger partial charge >= 0.3 is 0 Å². The molecule has 1 N–H and O–H groups in total. The third kappa shape index (κ3) is 4.51. The number of nitro benzene ring substituents is 1. The fraction of sp³-hybridized carbons (Fsp3) is 0.222. The molecule has 142 valence electrons. The van der Waals surface area contributed by atoms with Gasteiger partial charge in [-0.1, -0.05) is 0 Å². The molecular formula is C18H19N3O6. The molecule has 2 rings (SSSR count). The summed E-state index contributed by atoms with van der Waals surface area (Å²) in [6.45, 7) is 1.70. The predicted molar refractivity (Wildman–Crippen MR) is 98.9 cm³/mol. The number of rotatable bonds is 7. The number of methoxy groups -OCH3 is 3. The monoisotopic (exact) mass is 373 g/mol. The number of amides is 1. The molecule has 1 amide bonds. The van der Waals surface area contributed by atoms with Gasteiger partial charge in [0, 0.05) is 17.7 Å². The fourth-order valence-corrected chi connectivity index (χ4v) is 2.31. The maximum atomic E-state index is 12.4. The Labute approximate surface area is 155 Å². The fourth-order valence-electron chi connectivity index (χ4n) is 2.31. The lowest BCUT2D eigenvalue weighted by molar-refractivity contribution is -0.384. The highest BCUT2D eigenvalue weighted by atomic mass is 16.6. The van der Waals surface area contributed by atoms with Gasteiger partial charge in [-0.05, 0) is 31.2 Å². The van der Waals surface area contributed by atoms with E-state index in [9.17, 15) is 14.9 Å². The van der Waals surface area contributed by atoms with Crippen molar-refractivity contribution in [3.8, 4) is 17.2 Å². The third-order valence-corrected chi connectivity index (χ3v) is 3.76. The van der Waals surface area contributed by atoms with E-state index >= 15 is 0 Å². The van der Waals surface area contributed by atoms with Crippen LogP contribution in [0.1, 0.15) is 22.8 Å². The molecular weight excluding hydrogens is 354 g/mol. The van der Waals surface area contributed by atoms with Crippen molar-refractivity contribution in [1.82, 2.24) is 5.43 Å². The van der Waals surface area contributed by atoms with E-state index in [1.165, 1.54) is 33.5 Å². The van der Waals surface area contributed by atoms with E-state index in [-0.39, 0.29) is 17.0 Å². The van der Waals surface area contributed by atoms with E-state index in [0.29, 0.717) is 22.8 Å². The molecule has 2 aromatic rings. The van der Waals surface area contributed by atoms with E-state index in [2.05, 4.69) is 10.5 Å². The Kier molecular flexibility index (Phi) is 6.32. The summed E-state index contributed by atoms with van der Waals surface area (Å²) < 4.78 is 15.5. The quantitative estimate of drug-likeness (QED) is 0.454. The van der Waals surface area contributed by atoms with Gasteiger partial charge in [0.2, 0.25) is 0 Å². The summed E-state index contributed by atoms with van der Waals surface area (Å²) in [7, 11) is 4.42. The highest BCUT2D eigenvalue weighted by Gasteiger charge is 2.17. The molecule has 0 fully saturated rings. The zero-order chi connectivity index (χ0) is 20.0. The van der Waals surface area contributed by atoms with Gasteiger partial charge in [-0.2, -0.15) is 5.10 Å². The van der Waals surface area contributed by atoms with E-state index in [1.807, 2.05) is 0 Å². The molecule has 2 aromatic carbocycles. The lowest BCUT2D eigenvalue weighted by atomic mass is 10.1. The average Bonchev–Trinajstić information content (AvgIpc) is 2.70. The molecule has 27 heavy (non-hydrogen) atoms.